The van der Waals surface area contributed by atoms with Gasteiger partial charge < -0.3 is 4.74 Å². The van der Waals surface area contributed by atoms with Crippen LogP contribution >= 0.6 is 0 Å². The van der Waals surface area contributed by atoms with E-state index in [0.29, 0.717) is 6.10 Å². The number of fused-ring (bicyclic) bond motifs is 5. The molecule has 88 valence electrons. The van der Waals surface area contributed by atoms with Crippen LogP contribution < -0.4 is 0 Å². The Bertz CT molecular complexity index is 330. The smallest absolute Gasteiger partial charge is 0.114 e. The van der Waals surface area contributed by atoms with Crippen molar-refractivity contribution in [3.8, 4) is 0 Å². The molecule has 0 amide bonds. The van der Waals surface area contributed by atoms with Crippen LogP contribution in [0, 0.1) is 23.7 Å². The molecule has 0 heterocycles. The minimum Gasteiger partial charge on any atom is -0.490 e. The number of allylic oxidation sites excluding steroid dienone is 1. The predicted octanol–water partition coefficient (Wildman–Crippen LogP) is 3.92. The van der Waals surface area contributed by atoms with Crippen LogP contribution in [-0.4, -0.2) is 6.10 Å². The van der Waals surface area contributed by atoms with Crippen molar-refractivity contribution >= 4 is 0 Å². The lowest BCUT2D eigenvalue weighted by Crippen LogP contribution is -2.30. The average Bonchev–Trinajstić information content (AvgIpc) is 2.87. The van der Waals surface area contributed by atoms with Gasteiger partial charge in [0.2, 0.25) is 0 Å². The van der Waals surface area contributed by atoms with Gasteiger partial charge >= 0.3 is 0 Å². The molecule has 3 fully saturated rings. The standard InChI is InChI=1S/C15H22O/c1-9(2)10(3)16-15-8-11-7-14(15)13-6-4-5-12(11)13/h11-15H,1,3-8H2,2H3. The van der Waals surface area contributed by atoms with Crippen LogP contribution in [0.1, 0.15) is 39.0 Å². The van der Waals surface area contributed by atoms with E-state index in [1.165, 1.54) is 32.1 Å². The van der Waals surface area contributed by atoms with Crippen molar-refractivity contribution in [1.82, 2.24) is 0 Å². The van der Waals surface area contributed by atoms with Crippen LogP contribution in [0.2, 0.25) is 0 Å². The minimum atomic E-state index is 0.452. The van der Waals surface area contributed by atoms with Gasteiger partial charge in [0, 0.05) is 0 Å². The Kier molecular flexibility index (Phi) is 2.38. The third-order valence-electron chi connectivity index (χ3n) is 5.14. The molecule has 0 saturated heterocycles. The van der Waals surface area contributed by atoms with Gasteiger partial charge in [-0.3, -0.25) is 0 Å². The van der Waals surface area contributed by atoms with Crippen LogP contribution in [0.25, 0.3) is 0 Å². The molecule has 0 radical (unpaired) electrons. The first-order chi connectivity index (χ1) is 7.66. The first kappa shape index (κ1) is 10.4. The molecule has 16 heavy (non-hydrogen) atoms. The Morgan fingerprint density at radius 2 is 1.81 bits per heavy atom. The molecule has 3 aliphatic carbocycles. The molecule has 3 aliphatic rings. The molecule has 3 saturated carbocycles. The summed E-state index contributed by atoms with van der Waals surface area (Å²) in [5.74, 6) is 4.62. The second-order valence-corrected chi connectivity index (χ2v) is 6.01. The number of ether oxygens (including phenoxy) is 1. The summed E-state index contributed by atoms with van der Waals surface area (Å²) in [4.78, 5) is 0. The van der Waals surface area contributed by atoms with E-state index in [0.717, 1.165) is 35.0 Å². The topological polar surface area (TPSA) is 9.23 Å². The Hall–Kier alpha value is -0.720. The van der Waals surface area contributed by atoms with Crippen molar-refractivity contribution in [1.29, 1.82) is 0 Å². The van der Waals surface area contributed by atoms with E-state index in [1.54, 1.807) is 0 Å². The van der Waals surface area contributed by atoms with E-state index in [2.05, 4.69) is 13.2 Å². The van der Waals surface area contributed by atoms with Gasteiger partial charge in [-0.1, -0.05) is 19.6 Å². The van der Waals surface area contributed by atoms with E-state index in [9.17, 15) is 0 Å². The molecule has 1 heteroatoms. The maximum Gasteiger partial charge on any atom is 0.114 e. The highest BCUT2D eigenvalue weighted by Crippen LogP contribution is 2.59. The SMILES string of the molecule is C=C(C)C(=C)OC1CC2CC1C1CCCC21. The third-order valence-corrected chi connectivity index (χ3v) is 5.14. The first-order valence-electron chi connectivity index (χ1n) is 6.68. The zero-order valence-electron chi connectivity index (χ0n) is 10.2. The van der Waals surface area contributed by atoms with E-state index in [-0.39, 0.29) is 0 Å². The van der Waals surface area contributed by atoms with Gasteiger partial charge in [0.05, 0.1) is 0 Å². The quantitative estimate of drug-likeness (QED) is 0.515. The Morgan fingerprint density at radius 3 is 2.56 bits per heavy atom. The van der Waals surface area contributed by atoms with Crippen LogP contribution in [0.3, 0.4) is 0 Å². The summed E-state index contributed by atoms with van der Waals surface area (Å²) in [5.41, 5.74) is 0.978. The lowest BCUT2D eigenvalue weighted by Gasteiger charge is -2.32. The monoisotopic (exact) mass is 218 g/mol. The van der Waals surface area contributed by atoms with Gasteiger partial charge in [-0.15, -0.1) is 0 Å². The molecule has 0 aliphatic heterocycles. The molecular formula is C15H22O. The molecule has 0 aromatic heterocycles. The lowest BCUT2D eigenvalue weighted by atomic mass is 9.80. The molecule has 5 unspecified atom stereocenters. The van der Waals surface area contributed by atoms with Crippen LogP contribution in [-0.2, 0) is 4.74 Å². The Balaban J connectivity index is 1.68. The molecular weight excluding hydrogens is 196 g/mol. The fourth-order valence-electron chi connectivity index (χ4n) is 4.42. The summed E-state index contributed by atoms with van der Waals surface area (Å²) in [6.07, 6.45) is 7.54. The fraction of sp³-hybridized carbons (Fsp3) is 0.733. The van der Waals surface area contributed by atoms with E-state index in [1.807, 2.05) is 6.92 Å². The number of rotatable bonds is 3. The molecule has 0 aromatic rings. The second-order valence-electron chi connectivity index (χ2n) is 6.01. The highest BCUT2D eigenvalue weighted by molar-refractivity contribution is 5.17. The van der Waals surface area contributed by atoms with E-state index in [4.69, 9.17) is 4.74 Å². The number of hydrogen-bond acceptors (Lipinski definition) is 1. The van der Waals surface area contributed by atoms with Crippen molar-refractivity contribution < 1.29 is 4.74 Å². The summed E-state index contributed by atoms with van der Waals surface area (Å²) >= 11 is 0. The summed E-state index contributed by atoms with van der Waals surface area (Å²) in [7, 11) is 0. The molecule has 1 nitrogen and oxygen atoms in total. The van der Waals surface area contributed by atoms with Crippen molar-refractivity contribution in [3.63, 3.8) is 0 Å². The molecule has 0 N–H and O–H groups in total. The summed E-state index contributed by atoms with van der Waals surface area (Å²) in [5, 5.41) is 0. The van der Waals surface area contributed by atoms with Crippen LogP contribution in [0.4, 0.5) is 0 Å². The fourth-order valence-corrected chi connectivity index (χ4v) is 4.42. The highest BCUT2D eigenvalue weighted by Gasteiger charge is 2.54. The van der Waals surface area contributed by atoms with Crippen molar-refractivity contribution in [3.05, 3.63) is 24.5 Å². The Labute approximate surface area is 98.6 Å². The molecule has 0 spiro atoms. The average molecular weight is 218 g/mol. The highest BCUT2D eigenvalue weighted by atomic mass is 16.5. The van der Waals surface area contributed by atoms with E-state index >= 15 is 0 Å². The lowest BCUT2D eigenvalue weighted by molar-refractivity contribution is 0.0360. The van der Waals surface area contributed by atoms with Crippen molar-refractivity contribution in [2.24, 2.45) is 23.7 Å². The van der Waals surface area contributed by atoms with Gasteiger partial charge in [-0.25, -0.2) is 0 Å². The maximum atomic E-state index is 6.02. The van der Waals surface area contributed by atoms with Crippen molar-refractivity contribution in [2.45, 2.75) is 45.1 Å². The third kappa shape index (κ3) is 1.44. The molecule has 2 bridgehead atoms. The molecule has 3 rings (SSSR count). The van der Waals surface area contributed by atoms with Gasteiger partial charge in [0.1, 0.15) is 11.9 Å². The van der Waals surface area contributed by atoms with E-state index < -0.39 is 0 Å². The zero-order valence-corrected chi connectivity index (χ0v) is 10.2. The predicted molar refractivity (Wildman–Crippen MR) is 65.9 cm³/mol. The minimum absolute atomic E-state index is 0.452. The maximum absolute atomic E-state index is 6.02. The van der Waals surface area contributed by atoms with Crippen LogP contribution in [0.5, 0.6) is 0 Å². The first-order valence-corrected chi connectivity index (χ1v) is 6.68. The Morgan fingerprint density at radius 1 is 1.06 bits per heavy atom. The number of hydrogen-bond donors (Lipinski definition) is 0. The molecule has 0 aromatic carbocycles. The van der Waals surface area contributed by atoms with Gasteiger partial charge in [0.25, 0.3) is 0 Å². The largest absolute Gasteiger partial charge is 0.490 e. The van der Waals surface area contributed by atoms with Gasteiger partial charge in [-0.2, -0.15) is 0 Å². The summed E-state index contributed by atoms with van der Waals surface area (Å²) < 4.78 is 6.02. The second kappa shape index (κ2) is 3.65. The van der Waals surface area contributed by atoms with Crippen LogP contribution in [0.15, 0.2) is 24.5 Å². The normalized spacial score (nSPS) is 44.4. The zero-order chi connectivity index (χ0) is 11.3. The summed E-state index contributed by atoms with van der Waals surface area (Å²) in [6, 6.07) is 0. The van der Waals surface area contributed by atoms with Crippen molar-refractivity contribution in [2.75, 3.05) is 0 Å². The molecule has 5 atom stereocenters. The summed E-state index contributed by atoms with van der Waals surface area (Å²) in [6.45, 7) is 9.85. The van der Waals surface area contributed by atoms with Gasteiger partial charge in [0.15, 0.2) is 0 Å². The van der Waals surface area contributed by atoms with Gasteiger partial charge in [-0.05, 0) is 61.9 Å².